The van der Waals surface area contributed by atoms with Crippen molar-refractivity contribution in [3.05, 3.63) is 47.0 Å². The van der Waals surface area contributed by atoms with Crippen molar-refractivity contribution in [2.45, 2.75) is 26.4 Å². The highest BCUT2D eigenvalue weighted by Gasteiger charge is 2.21. The number of nitrogens with zero attached hydrogens (tertiary/aromatic N) is 2. The first-order valence-electron chi connectivity index (χ1n) is 6.19. The van der Waals surface area contributed by atoms with Gasteiger partial charge >= 0.3 is 0 Å². The zero-order valence-corrected chi connectivity index (χ0v) is 11.4. The van der Waals surface area contributed by atoms with Crippen LogP contribution >= 0.6 is 0 Å². The first-order valence-corrected chi connectivity index (χ1v) is 6.19. The molecule has 1 aromatic carbocycles. The van der Waals surface area contributed by atoms with Gasteiger partial charge in [0.05, 0.1) is 19.3 Å². The monoisotopic (exact) mass is 263 g/mol. The first kappa shape index (κ1) is 13.5. The molecule has 1 aromatic heterocycles. The van der Waals surface area contributed by atoms with Gasteiger partial charge in [0.25, 0.3) is 0 Å². The summed E-state index contributed by atoms with van der Waals surface area (Å²) in [7, 11) is 1.59. The van der Waals surface area contributed by atoms with E-state index in [2.05, 4.69) is 5.10 Å². The summed E-state index contributed by atoms with van der Waals surface area (Å²) in [6.07, 6.45) is 1.65. The van der Waals surface area contributed by atoms with Gasteiger partial charge in [0.15, 0.2) is 5.75 Å². The molecular weight excluding hydrogens is 245 g/mol. The van der Waals surface area contributed by atoms with Gasteiger partial charge < -0.3 is 10.5 Å². The molecule has 0 saturated heterocycles. The van der Waals surface area contributed by atoms with Crippen LogP contribution in [0.5, 0.6) is 5.75 Å². The third-order valence-corrected chi connectivity index (χ3v) is 3.23. The average Bonchev–Trinajstić information content (AvgIpc) is 2.80. The van der Waals surface area contributed by atoms with Crippen LogP contribution in [0.2, 0.25) is 0 Å². The molecule has 0 aliphatic heterocycles. The molecule has 0 aliphatic carbocycles. The minimum Gasteiger partial charge on any atom is -0.493 e. The summed E-state index contributed by atoms with van der Waals surface area (Å²) in [4.78, 5) is 0. The van der Waals surface area contributed by atoms with Crippen LogP contribution in [0.25, 0.3) is 0 Å². The molecule has 1 heterocycles. The second kappa shape index (κ2) is 5.40. The Bertz CT molecular complexity index is 559. The van der Waals surface area contributed by atoms with E-state index in [-0.39, 0.29) is 5.82 Å². The number of methoxy groups -OCH3 is 1. The van der Waals surface area contributed by atoms with E-state index in [0.29, 0.717) is 12.3 Å². The van der Waals surface area contributed by atoms with Crippen molar-refractivity contribution in [2.75, 3.05) is 7.11 Å². The van der Waals surface area contributed by atoms with Gasteiger partial charge in [-0.1, -0.05) is 6.07 Å². The SMILES string of the molecule is CCn1ncc(OC)c1C(N)c1ccc(F)cc1C. The third-order valence-electron chi connectivity index (χ3n) is 3.23. The average molecular weight is 263 g/mol. The third kappa shape index (κ3) is 2.46. The van der Waals surface area contributed by atoms with E-state index < -0.39 is 6.04 Å². The molecule has 2 aromatic rings. The maximum absolute atomic E-state index is 13.2. The normalized spacial score (nSPS) is 12.5. The Kier molecular flexibility index (Phi) is 3.85. The van der Waals surface area contributed by atoms with E-state index in [1.165, 1.54) is 12.1 Å². The smallest absolute Gasteiger partial charge is 0.161 e. The van der Waals surface area contributed by atoms with Crippen LogP contribution < -0.4 is 10.5 Å². The lowest BCUT2D eigenvalue weighted by Gasteiger charge is -2.17. The van der Waals surface area contributed by atoms with E-state index >= 15 is 0 Å². The van der Waals surface area contributed by atoms with Crippen molar-refractivity contribution in [1.29, 1.82) is 0 Å². The summed E-state index contributed by atoms with van der Waals surface area (Å²) in [5, 5.41) is 4.24. The van der Waals surface area contributed by atoms with Gasteiger partial charge in [-0.2, -0.15) is 5.10 Å². The minimum atomic E-state index is -0.391. The van der Waals surface area contributed by atoms with E-state index in [1.54, 1.807) is 24.1 Å². The lowest BCUT2D eigenvalue weighted by atomic mass is 9.99. The number of ether oxygens (including phenoxy) is 1. The fourth-order valence-corrected chi connectivity index (χ4v) is 2.24. The van der Waals surface area contributed by atoms with E-state index in [0.717, 1.165) is 16.8 Å². The number of hydrogen-bond acceptors (Lipinski definition) is 3. The Balaban J connectivity index is 2.48. The Morgan fingerprint density at radius 2 is 2.21 bits per heavy atom. The molecule has 0 bridgehead atoms. The molecule has 0 spiro atoms. The largest absolute Gasteiger partial charge is 0.493 e. The fraction of sp³-hybridized carbons (Fsp3) is 0.357. The summed E-state index contributed by atoms with van der Waals surface area (Å²) in [6, 6.07) is 4.22. The summed E-state index contributed by atoms with van der Waals surface area (Å²) in [5.74, 6) is 0.391. The van der Waals surface area contributed by atoms with Crippen molar-refractivity contribution in [1.82, 2.24) is 9.78 Å². The molecule has 0 amide bonds. The molecule has 2 N–H and O–H groups in total. The van der Waals surface area contributed by atoms with Crippen molar-refractivity contribution in [3.63, 3.8) is 0 Å². The molecule has 19 heavy (non-hydrogen) atoms. The van der Waals surface area contributed by atoms with Gasteiger partial charge in [0.1, 0.15) is 11.5 Å². The van der Waals surface area contributed by atoms with Crippen LogP contribution in [0.3, 0.4) is 0 Å². The number of benzene rings is 1. The lowest BCUT2D eigenvalue weighted by Crippen LogP contribution is -2.19. The Morgan fingerprint density at radius 1 is 1.47 bits per heavy atom. The van der Waals surface area contributed by atoms with Gasteiger partial charge in [0, 0.05) is 6.54 Å². The second-order valence-electron chi connectivity index (χ2n) is 4.39. The molecule has 0 saturated carbocycles. The molecule has 4 nitrogen and oxygen atoms in total. The van der Waals surface area contributed by atoms with Gasteiger partial charge in [0.2, 0.25) is 0 Å². The summed E-state index contributed by atoms with van der Waals surface area (Å²) < 4.78 is 20.3. The molecule has 1 atom stereocenters. The number of nitrogens with two attached hydrogens (primary N) is 1. The molecule has 5 heteroatoms. The lowest BCUT2D eigenvalue weighted by molar-refractivity contribution is 0.404. The van der Waals surface area contributed by atoms with Crippen LogP contribution in [0.1, 0.15) is 29.8 Å². The van der Waals surface area contributed by atoms with E-state index in [4.69, 9.17) is 10.5 Å². The van der Waals surface area contributed by atoms with Crippen LogP contribution in [0, 0.1) is 12.7 Å². The first-order chi connectivity index (χ1) is 9.08. The topological polar surface area (TPSA) is 53.1 Å². The van der Waals surface area contributed by atoms with Crippen molar-refractivity contribution in [2.24, 2.45) is 5.73 Å². The van der Waals surface area contributed by atoms with Crippen LogP contribution in [0.4, 0.5) is 4.39 Å². The van der Waals surface area contributed by atoms with Crippen LogP contribution in [0.15, 0.2) is 24.4 Å². The molecule has 0 fully saturated rings. The maximum Gasteiger partial charge on any atom is 0.161 e. The van der Waals surface area contributed by atoms with Crippen LogP contribution in [-0.2, 0) is 6.54 Å². The number of hydrogen-bond donors (Lipinski definition) is 1. The van der Waals surface area contributed by atoms with Gasteiger partial charge in [-0.25, -0.2) is 4.39 Å². The number of aryl methyl sites for hydroxylation is 2. The van der Waals surface area contributed by atoms with Crippen molar-refractivity contribution >= 4 is 0 Å². The van der Waals surface area contributed by atoms with Crippen LogP contribution in [-0.4, -0.2) is 16.9 Å². The zero-order chi connectivity index (χ0) is 14.0. The number of rotatable bonds is 4. The molecule has 102 valence electrons. The number of aromatic nitrogens is 2. The Hall–Kier alpha value is -1.88. The molecule has 0 radical (unpaired) electrons. The summed E-state index contributed by atoms with van der Waals surface area (Å²) in [6.45, 7) is 4.53. The Morgan fingerprint density at radius 3 is 2.79 bits per heavy atom. The molecule has 2 rings (SSSR count). The molecular formula is C14H18FN3O. The highest BCUT2D eigenvalue weighted by molar-refractivity contribution is 5.39. The standard InChI is InChI=1S/C14H18FN3O/c1-4-18-14(12(19-3)8-17-18)13(16)11-6-5-10(15)7-9(11)2/h5-8,13H,4,16H2,1-3H3. The fourth-order valence-electron chi connectivity index (χ4n) is 2.24. The highest BCUT2D eigenvalue weighted by Crippen LogP contribution is 2.30. The summed E-state index contributed by atoms with van der Waals surface area (Å²) >= 11 is 0. The van der Waals surface area contributed by atoms with E-state index in [9.17, 15) is 4.39 Å². The highest BCUT2D eigenvalue weighted by atomic mass is 19.1. The zero-order valence-electron chi connectivity index (χ0n) is 11.4. The quantitative estimate of drug-likeness (QED) is 0.921. The second-order valence-corrected chi connectivity index (χ2v) is 4.39. The number of halogens is 1. The van der Waals surface area contributed by atoms with Gasteiger partial charge in [-0.3, -0.25) is 4.68 Å². The van der Waals surface area contributed by atoms with Gasteiger partial charge in [-0.15, -0.1) is 0 Å². The van der Waals surface area contributed by atoms with Crippen molar-refractivity contribution < 1.29 is 9.13 Å². The van der Waals surface area contributed by atoms with E-state index in [1.807, 2.05) is 13.8 Å². The minimum absolute atomic E-state index is 0.260. The predicted octanol–water partition coefficient (Wildman–Crippen LogP) is 2.41. The molecule has 1 unspecified atom stereocenters. The molecule has 0 aliphatic rings. The maximum atomic E-state index is 13.2. The predicted molar refractivity (Wildman–Crippen MR) is 71.6 cm³/mol. The van der Waals surface area contributed by atoms with Crippen molar-refractivity contribution in [3.8, 4) is 5.75 Å². The Labute approximate surface area is 112 Å². The summed E-state index contributed by atoms with van der Waals surface area (Å²) in [5.41, 5.74) is 8.79. The van der Waals surface area contributed by atoms with Gasteiger partial charge in [-0.05, 0) is 37.1 Å².